The van der Waals surface area contributed by atoms with Crippen molar-refractivity contribution in [2.75, 3.05) is 18.4 Å². The van der Waals surface area contributed by atoms with Gasteiger partial charge in [0.1, 0.15) is 5.60 Å². The molecule has 0 atom stereocenters. The van der Waals surface area contributed by atoms with Gasteiger partial charge in [0.05, 0.1) is 0 Å². The predicted molar refractivity (Wildman–Crippen MR) is 118 cm³/mol. The number of halogens is 2. The molecule has 164 valence electrons. The quantitative estimate of drug-likeness (QED) is 0.515. The van der Waals surface area contributed by atoms with Crippen LogP contribution in [0.15, 0.2) is 42.6 Å². The number of anilines is 2. The number of ether oxygens (including phenoxy) is 1. The van der Waals surface area contributed by atoms with E-state index in [4.69, 9.17) is 4.74 Å². The van der Waals surface area contributed by atoms with E-state index in [-0.39, 0.29) is 6.09 Å². The number of benzene rings is 2. The van der Waals surface area contributed by atoms with Crippen molar-refractivity contribution in [1.82, 2.24) is 9.88 Å². The average molecular weight is 427 g/mol. The lowest BCUT2D eigenvalue weighted by atomic mass is 9.89. The second-order valence-corrected chi connectivity index (χ2v) is 9.00. The molecule has 2 heterocycles. The van der Waals surface area contributed by atoms with Crippen molar-refractivity contribution in [3.8, 4) is 0 Å². The van der Waals surface area contributed by atoms with Gasteiger partial charge >= 0.3 is 6.09 Å². The lowest BCUT2D eigenvalue weighted by Gasteiger charge is -2.33. The molecule has 7 heteroatoms. The molecule has 2 aromatic carbocycles. The van der Waals surface area contributed by atoms with E-state index in [1.165, 1.54) is 11.6 Å². The molecular formula is C24H27F2N3O2. The molecule has 1 aliphatic heterocycles. The van der Waals surface area contributed by atoms with E-state index in [0.29, 0.717) is 24.7 Å². The normalized spacial score (nSPS) is 15.3. The Kier molecular flexibility index (Phi) is 5.60. The number of aromatic nitrogens is 1. The Balaban J connectivity index is 1.44. The highest BCUT2D eigenvalue weighted by Crippen LogP contribution is 2.35. The highest BCUT2D eigenvalue weighted by molar-refractivity contribution is 5.87. The highest BCUT2D eigenvalue weighted by Gasteiger charge is 2.28. The molecule has 1 amide bonds. The molecule has 0 aliphatic carbocycles. The Morgan fingerprint density at radius 1 is 1.06 bits per heavy atom. The van der Waals surface area contributed by atoms with Crippen LogP contribution >= 0.6 is 0 Å². The molecule has 0 spiro atoms. The van der Waals surface area contributed by atoms with E-state index >= 15 is 0 Å². The molecule has 1 aromatic heterocycles. The van der Waals surface area contributed by atoms with Crippen LogP contribution in [0.3, 0.4) is 0 Å². The van der Waals surface area contributed by atoms with Crippen LogP contribution in [0.4, 0.5) is 25.0 Å². The zero-order chi connectivity index (χ0) is 22.2. The minimum absolute atomic E-state index is 0.252. The summed E-state index contributed by atoms with van der Waals surface area (Å²) in [6.07, 6.45) is 3.53. The molecule has 1 fully saturated rings. The fourth-order valence-corrected chi connectivity index (χ4v) is 4.00. The Bertz CT molecular complexity index is 1100. The second kappa shape index (κ2) is 8.21. The van der Waals surface area contributed by atoms with E-state index in [2.05, 4.69) is 10.3 Å². The summed E-state index contributed by atoms with van der Waals surface area (Å²) in [4.78, 5) is 17.4. The summed E-state index contributed by atoms with van der Waals surface area (Å²) in [6, 6.07) is 9.65. The Morgan fingerprint density at radius 2 is 1.74 bits per heavy atom. The first-order chi connectivity index (χ1) is 14.7. The maximum Gasteiger partial charge on any atom is 0.410 e. The van der Waals surface area contributed by atoms with Crippen molar-refractivity contribution in [2.24, 2.45) is 0 Å². The van der Waals surface area contributed by atoms with Gasteiger partial charge in [0.25, 0.3) is 0 Å². The molecule has 4 rings (SSSR count). The molecule has 1 aliphatic rings. The van der Waals surface area contributed by atoms with Gasteiger partial charge < -0.3 is 19.9 Å². The number of nitrogens with zero attached hydrogens (tertiary/aromatic N) is 1. The number of carbonyl (C=O) groups is 1. The number of carbonyl (C=O) groups excluding carboxylic acids is 1. The van der Waals surface area contributed by atoms with Crippen LogP contribution in [0.5, 0.6) is 0 Å². The van der Waals surface area contributed by atoms with Crippen molar-refractivity contribution < 1.29 is 18.3 Å². The van der Waals surface area contributed by atoms with Crippen LogP contribution in [0, 0.1) is 11.6 Å². The van der Waals surface area contributed by atoms with Gasteiger partial charge in [-0.2, -0.15) is 0 Å². The van der Waals surface area contributed by atoms with Gasteiger partial charge in [-0.15, -0.1) is 0 Å². The molecule has 2 N–H and O–H groups in total. The van der Waals surface area contributed by atoms with Gasteiger partial charge in [0.15, 0.2) is 11.6 Å². The number of fused-ring (bicyclic) bond motifs is 1. The van der Waals surface area contributed by atoms with Crippen molar-refractivity contribution in [3.63, 3.8) is 0 Å². The van der Waals surface area contributed by atoms with Gasteiger partial charge in [-0.3, -0.25) is 0 Å². The van der Waals surface area contributed by atoms with Crippen LogP contribution in [-0.4, -0.2) is 34.7 Å². The van der Waals surface area contributed by atoms with Crippen LogP contribution < -0.4 is 5.32 Å². The monoisotopic (exact) mass is 427 g/mol. The van der Waals surface area contributed by atoms with E-state index in [0.717, 1.165) is 41.6 Å². The lowest BCUT2D eigenvalue weighted by Crippen LogP contribution is -2.41. The van der Waals surface area contributed by atoms with Crippen molar-refractivity contribution in [2.45, 2.75) is 45.1 Å². The van der Waals surface area contributed by atoms with Crippen LogP contribution in [0.1, 0.15) is 45.1 Å². The Hall–Kier alpha value is -3.09. The lowest BCUT2D eigenvalue weighted by molar-refractivity contribution is 0.0205. The smallest absolute Gasteiger partial charge is 0.410 e. The zero-order valence-electron chi connectivity index (χ0n) is 18.0. The molecule has 1 saturated heterocycles. The molecule has 5 nitrogen and oxygen atoms in total. The zero-order valence-corrected chi connectivity index (χ0v) is 18.0. The second-order valence-electron chi connectivity index (χ2n) is 9.00. The SMILES string of the molecule is CC(C)(C)OC(=O)N1CCC(c2c[nH]c3cc(Nc4ccc(F)c(F)c4)ccc23)CC1. The number of hydrogen-bond acceptors (Lipinski definition) is 3. The Labute approximate surface area is 180 Å². The molecular weight excluding hydrogens is 400 g/mol. The number of piperidine rings is 1. The van der Waals surface area contributed by atoms with Crippen molar-refractivity contribution >= 4 is 28.4 Å². The third-order valence-corrected chi connectivity index (χ3v) is 5.51. The van der Waals surface area contributed by atoms with Crippen LogP contribution in [0.25, 0.3) is 10.9 Å². The predicted octanol–water partition coefficient (Wildman–Crippen LogP) is 6.30. The topological polar surface area (TPSA) is 57.4 Å². The minimum atomic E-state index is -0.883. The number of hydrogen-bond donors (Lipinski definition) is 2. The summed E-state index contributed by atoms with van der Waals surface area (Å²) in [5.41, 5.74) is 2.98. The number of H-pyrrole nitrogens is 1. The summed E-state index contributed by atoms with van der Waals surface area (Å²) >= 11 is 0. The number of likely N-dealkylation sites (tertiary alicyclic amines) is 1. The first-order valence-corrected chi connectivity index (χ1v) is 10.5. The van der Waals surface area contributed by atoms with E-state index in [1.807, 2.05) is 45.2 Å². The summed E-state index contributed by atoms with van der Waals surface area (Å²) in [5.74, 6) is -1.39. The van der Waals surface area contributed by atoms with Gasteiger partial charge in [-0.05, 0) is 69.4 Å². The maximum atomic E-state index is 13.4. The first-order valence-electron chi connectivity index (χ1n) is 10.5. The van der Waals surface area contributed by atoms with E-state index in [1.54, 1.807) is 4.90 Å². The van der Waals surface area contributed by atoms with Gasteiger partial charge in [-0.1, -0.05) is 6.07 Å². The minimum Gasteiger partial charge on any atom is -0.444 e. The number of aromatic amines is 1. The Morgan fingerprint density at radius 3 is 2.42 bits per heavy atom. The molecule has 0 radical (unpaired) electrons. The molecule has 0 unspecified atom stereocenters. The highest BCUT2D eigenvalue weighted by atomic mass is 19.2. The number of nitrogens with one attached hydrogen (secondary N) is 2. The van der Waals surface area contributed by atoms with E-state index in [9.17, 15) is 13.6 Å². The molecule has 0 saturated carbocycles. The number of amides is 1. The van der Waals surface area contributed by atoms with Crippen molar-refractivity contribution in [1.29, 1.82) is 0 Å². The van der Waals surface area contributed by atoms with Gasteiger partial charge in [0.2, 0.25) is 0 Å². The summed E-state index contributed by atoms with van der Waals surface area (Å²) < 4.78 is 32.1. The summed E-state index contributed by atoms with van der Waals surface area (Å²) in [5, 5.41) is 4.24. The fraction of sp³-hybridized carbons (Fsp3) is 0.375. The maximum absolute atomic E-state index is 13.4. The molecule has 0 bridgehead atoms. The van der Waals surface area contributed by atoms with Crippen LogP contribution in [0.2, 0.25) is 0 Å². The third-order valence-electron chi connectivity index (χ3n) is 5.51. The third kappa shape index (κ3) is 4.81. The molecule has 31 heavy (non-hydrogen) atoms. The van der Waals surface area contributed by atoms with Crippen molar-refractivity contribution in [3.05, 3.63) is 59.8 Å². The number of rotatable bonds is 3. The average Bonchev–Trinajstić information content (AvgIpc) is 3.13. The first kappa shape index (κ1) is 21.2. The fourth-order valence-electron chi connectivity index (χ4n) is 4.00. The van der Waals surface area contributed by atoms with Gasteiger partial charge in [-0.25, -0.2) is 13.6 Å². The van der Waals surface area contributed by atoms with E-state index < -0.39 is 17.2 Å². The largest absolute Gasteiger partial charge is 0.444 e. The standard InChI is InChI=1S/C24H27F2N3O2/c1-24(2,3)31-23(30)29-10-8-15(9-11-29)19-14-27-22-13-17(4-6-18(19)22)28-16-5-7-20(25)21(26)12-16/h4-7,12-15,27-28H,8-11H2,1-3H3. The van der Waals surface area contributed by atoms with Crippen LogP contribution in [-0.2, 0) is 4.74 Å². The summed E-state index contributed by atoms with van der Waals surface area (Å²) in [6.45, 7) is 6.96. The molecule has 3 aromatic rings. The summed E-state index contributed by atoms with van der Waals surface area (Å²) in [7, 11) is 0. The van der Waals surface area contributed by atoms with Gasteiger partial charge in [0, 0.05) is 47.6 Å².